The second kappa shape index (κ2) is 6.91. The van der Waals surface area contributed by atoms with Crippen molar-refractivity contribution in [2.45, 2.75) is 31.7 Å². The number of carboxylic acid groups (broad SMARTS) is 1. The van der Waals surface area contributed by atoms with Gasteiger partial charge < -0.3 is 14.4 Å². The average molecular weight is 312 g/mol. The topological polar surface area (TPSA) is 64.3 Å². The lowest BCUT2D eigenvalue weighted by Crippen LogP contribution is -2.11. The Balaban J connectivity index is 2.30. The molecule has 2 aromatic rings. The highest BCUT2D eigenvalue weighted by molar-refractivity contribution is 7.99. The van der Waals surface area contributed by atoms with Gasteiger partial charge in [-0.25, -0.2) is 9.37 Å². The molecule has 0 bridgehead atoms. The zero-order chi connectivity index (χ0) is 15.4. The molecule has 21 heavy (non-hydrogen) atoms. The van der Waals surface area contributed by atoms with Crippen molar-refractivity contribution in [3.63, 3.8) is 0 Å². The average Bonchev–Trinajstić information content (AvgIpc) is 2.76. The third-order valence-corrected chi connectivity index (χ3v) is 3.75. The Morgan fingerprint density at radius 2 is 2.29 bits per heavy atom. The van der Waals surface area contributed by atoms with Crippen LogP contribution in [0, 0.1) is 5.82 Å². The number of thioether (sulfide) groups is 1. The molecule has 7 heteroatoms. The van der Waals surface area contributed by atoms with Crippen molar-refractivity contribution in [1.29, 1.82) is 0 Å². The van der Waals surface area contributed by atoms with Crippen molar-refractivity contribution in [2.75, 3.05) is 12.4 Å². The first-order valence-corrected chi connectivity index (χ1v) is 7.58. The lowest BCUT2D eigenvalue weighted by atomic mass is 10.3. The van der Waals surface area contributed by atoms with Crippen LogP contribution < -0.4 is 0 Å². The summed E-state index contributed by atoms with van der Waals surface area (Å²) in [5.74, 6) is -1.46. The standard InChI is InChI=1S/C14H17FN2O3S/c1-9(2)20-7-6-17-11-5-3-4-10(15)13(11)16-14(17)21-8-12(18)19/h3-5,9H,6-8H2,1-2H3,(H,18,19). The minimum Gasteiger partial charge on any atom is -0.481 e. The molecule has 0 aliphatic rings. The highest BCUT2D eigenvalue weighted by Gasteiger charge is 2.15. The normalized spacial score (nSPS) is 11.4. The van der Waals surface area contributed by atoms with Crippen LogP contribution in [0.3, 0.4) is 0 Å². The maximum atomic E-state index is 13.8. The second-order valence-corrected chi connectivity index (χ2v) is 5.70. The van der Waals surface area contributed by atoms with Crippen LogP contribution in [0.1, 0.15) is 13.8 Å². The largest absolute Gasteiger partial charge is 0.481 e. The zero-order valence-electron chi connectivity index (χ0n) is 11.9. The van der Waals surface area contributed by atoms with Gasteiger partial charge in [0.05, 0.1) is 24.0 Å². The summed E-state index contributed by atoms with van der Waals surface area (Å²) in [7, 11) is 0. The van der Waals surface area contributed by atoms with Gasteiger partial charge in [0.2, 0.25) is 0 Å². The number of para-hydroxylation sites is 1. The number of aromatic nitrogens is 2. The van der Waals surface area contributed by atoms with E-state index < -0.39 is 11.8 Å². The van der Waals surface area contributed by atoms with Gasteiger partial charge in [-0.15, -0.1) is 0 Å². The van der Waals surface area contributed by atoms with E-state index in [1.807, 2.05) is 13.8 Å². The number of nitrogens with zero attached hydrogens (tertiary/aromatic N) is 2. The number of carboxylic acids is 1. The molecular weight excluding hydrogens is 295 g/mol. The fourth-order valence-electron chi connectivity index (χ4n) is 1.92. The second-order valence-electron chi connectivity index (χ2n) is 4.76. The summed E-state index contributed by atoms with van der Waals surface area (Å²) in [6.45, 7) is 4.83. The third-order valence-electron chi connectivity index (χ3n) is 2.79. The number of carbonyl (C=O) groups is 1. The number of hydrogen-bond donors (Lipinski definition) is 1. The van der Waals surface area contributed by atoms with E-state index in [4.69, 9.17) is 9.84 Å². The van der Waals surface area contributed by atoms with Gasteiger partial charge in [0.15, 0.2) is 11.0 Å². The van der Waals surface area contributed by atoms with E-state index in [9.17, 15) is 9.18 Å². The van der Waals surface area contributed by atoms with Gasteiger partial charge in [-0.3, -0.25) is 4.79 Å². The molecule has 0 spiro atoms. The molecular formula is C14H17FN2O3S. The van der Waals surface area contributed by atoms with E-state index in [0.29, 0.717) is 23.8 Å². The van der Waals surface area contributed by atoms with Crippen LogP contribution in [0.25, 0.3) is 11.0 Å². The predicted octanol–water partition coefficient (Wildman–Crippen LogP) is 2.78. The molecule has 1 heterocycles. The quantitative estimate of drug-likeness (QED) is 0.796. The van der Waals surface area contributed by atoms with Gasteiger partial charge in [0, 0.05) is 6.54 Å². The van der Waals surface area contributed by atoms with E-state index in [1.54, 1.807) is 16.7 Å². The van der Waals surface area contributed by atoms with Crippen LogP contribution in [-0.4, -0.2) is 39.1 Å². The molecule has 114 valence electrons. The SMILES string of the molecule is CC(C)OCCn1c(SCC(=O)O)nc2c(F)cccc21. The number of ether oxygens (including phenoxy) is 1. The Bertz CT molecular complexity index is 642. The van der Waals surface area contributed by atoms with Crippen molar-refractivity contribution in [3.8, 4) is 0 Å². The van der Waals surface area contributed by atoms with E-state index >= 15 is 0 Å². The van der Waals surface area contributed by atoms with Crippen molar-refractivity contribution < 1.29 is 19.0 Å². The maximum Gasteiger partial charge on any atom is 0.313 e. The maximum absolute atomic E-state index is 13.8. The van der Waals surface area contributed by atoms with Crippen LogP contribution >= 0.6 is 11.8 Å². The highest BCUT2D eigenvalue weighted by atomic mass is 32.2. The Morgan fingerprint density at radius 3 is 2.95 bits per heavy atom. The smallest absolute Gasteiger partial charge is 0.313 e. The summed E-state index contributed by atoms with van der Waals surface area (Å²) in [5, 5.41) is 9.28. The van der Waals surface area contributed by atoms with Crippen molar-refractivity contribution in [2.24, 2.45) is 0 Å². The number of imidazole rings is 1. The molecule has 0 aliphatic heterocycles. The highest BCUT2D eigenvalue weighted by Crippen LogP contribution is 2.25. The molecule has 2 rings (SSSR count). The fraction of sp³-hybridized carbons (Fsp3) is 0.429. The summed E-state index contributed by atoms with van der Waals surface area (Å²) in [6.07, 6.45) is 0.103. The Kier molecular flexibility index (Phi) is 5.19. The summed E-state index contributed by atoms with van der Waals surface area (Å²) in [4.78, 5) is 14.9. The molecule has 0 aliphatic carbocycles. The Hall–Kier alpha value is -1.60. The lowest BCUT2D eigenvalue weighted by Gasteiger charge is -2.11. The van der Waals surface area contributed by atoms with Crippen LogP contribution in [-0.2, 0) is 16.1 Å². The number of rotatable bonds is 7. The van der Waals surface area contributed by atoms with Crippen LogP contribution in [0.15, 0.2) is 23.4 Å². The number of fused-ring (bicyclic) bond motifs is 1. The van der Waals surface area contributed by atoms with Crippen LogP contribution in [0.4, 0.5) is 4.39 Å². The molecule has 1 aromatic heterocycles. The van der Waals surface area contributed by atoms with E-state index in [2.05, 4.69) is 4.98 Å². The first-order chi connectivity index (χ1) is 9.99. The van der Waals surface area contributed by atoms with E-state index in [1.165, 1.54) is 6.07 Å². The molecule has 0 fully saturated rings. The summed E-state index contributed by atoms with van der Waals surface area (Å²) in [5.41, 5.74) is 0.908. The van der Waals surface area contributed by atoms with Crippen LogP contribution in [0.5, 0.6) is 0 Å². The van der Waals surface area contributed by atoms with Crippen molar-refractivity contribution >= 4 is 28.8 Å². The predicted molar refractivity (Wildman–Crippen MR) is 79.1 cm³/mol. The number of benzene rings is 1. The molecule has 0 saturated carbocycles. The van der Waals surface area contributed by atoms with Gasteiger partial charge in [-0.05, 0) is 26.0 Å². The molecule has 1 N–H and O–H groups in total. The number of hydrogen-bond acceptors (Lipinski definition) is 4. The summed E-state index contributed by atoms with van der Waals surface area (Å²) < 4.78 is 21.1. The third kappa shape index (κ3) is 3.95. The minimum atomic E-state index is -0.933. The van der Waals surface area contributed by atoms with Crippen molar-refractivity contribution in [3.05, 3.63) is 24.0 Å². The molecule has 1 aromatic carbocycles. The van der Waals surface area contributed by atoms with Gasteiger partial charge in [0.1, 0.15) is 5.52 Å². The zero-order valence-corrected chi connectivity index (χ0v) is 12.7. The molecule has 0 amide bonds. The van der Waals surface area contributed by atoms with E-state index in [-0.39, 0.29) is 17.4 Å². The number of aliphatic carboxylic acids is 1. The van der Waals surface area contributed by atoms with Crippen molar-refractivity contribution in [1.82, 2.24) is 9.55 Å². The minimum absolute atomic E-state index is 0.103. The summed E-state index contributed by atoms with van der Waals surface area (Å²) in [6, 6.07) is 4.73. The summed E-state index contributed by atoms with van der Waals surface area (Å²) >= 11 is 1.08. The van der Waals surface area contributed by atoms with Gasteiger partial charge in [-0.2, -0.15) is 0 Å². The molecule has 5 nitrogen and oxygen atoms in total. The number of halogens is 1. The van der Waals surface area contributed by atoms with Gasteiger partial charge in [0.25, 0.3) is 0 Å². The monoisotopic (exact) mass is 312 g/mol. The first-order valence-electron chi connectivity index (χ1n) is 6.60. The van der Waals surface area contributed by atoms with Gasteiger partial charge >= 0.3 is 5.97 Å². The Morgan fingerprint density at radius 1 is 1.52 bits per heavy atom. The molecule has 0 radical (unpaired) electrons. The van der Waals surface area contributed by atoms with Crippen LogP contribution in [0.2, 0.25) is 0 Å². The van der Waals surface area contributed by atoms with E-state index in [0.717, 1.165) is 11.8 Å². The first kappa shape index (κ1) is 15.8. The molecule has 0 unspecified atom stereocenters. The Labute approximate surface area is 126 Å². The molecule has 0 atom stereocenters. The molecule has 0 saturated heterocycles. The lowest BCUT2D eigenvalue weighted by molar-refractivity contribution is -0.133. The fourth-order valence-corrected chi connectivity index (χ4v) is 2.68. The van der Waals surface area contributed by atoms with Gasteiger partial charge in [-0.1, -0.05) is 17.8 Å².